The molecule has 1 atom stereocenters. The predicted octanol–water partition coefficient (Wildman–Crippen LogP) is 2.92. The van der Waals surface area contributed by atoms with Crippen LogP contribution in [0.3, 0.4) is 0 Å². The van der Waals surface area contributed by atoms with E-state index >= 15 is 0 Å². The van der Waals surface area contributed by atoms with Gasteiger partial charge in [-0.05, 0) is 29.7 Å². The number of halogens is 1. The minimum absolute atomic E-state index is 0.160. The summed E-state index contributed by atoms with van der Waals surface area (Å²) in [4.78, 5) is 4.25. The number of hydrogen-bond acceptors (Lipinski definition) is 4. The van der Waals surface area contributed by atoms with E-state index in [2.05, 4.69) is 10.1 Å². The van der Waals surface area contributed by atoms with Gasteiger partial charge in [-0.25, -0.2) is 4.39 Å². The topological polar surface area (TPSA) is 64.9 Å². The van der Waals surface area contributed by atoms with E-state index in [1.165, 1.54) is 12.1 Å². The van der Waals surface area contributed by atoms with Crippen molar-refractivity contribution in [1.82, 2.24) is 10.1 Å². The Morgan fingerprint density at radius 1 is 1.22 bits per heavy atom. The molecule has 4 nitrogen and oxygen atoms in total. The molecular formula is C13H16FN3O. The molecule has 1 heterocycles. The molecule has 2 rings (SSSR count). The minimum Gasteiger partial charge on any atom is -0.337 e. The second-order valence-electron chi connectivity index (χ2n) is 5.31. The lowest BCUT2D eigenvalue weighted by molar-refractivity contribution is 0.253. The van der Waals surface area contributed by atoms with Crippen LogP contribution in [0.25, 0.3) is 11.4 Å². The van der Waals surface area contributed by atoms with Gasteiger partial charge in [0.1, 0.15) is 5.82 Å². The minimum atomic E-state index is -0.334. The third-order valence-corrected chi connectivity index (χ3v) is 2.74. The molecule has 0 spiro atoms. The summed E-state index contributed by atoms with van der Waals surface area (Å²) in [6, 6.07) is 5.59. The van der Waals surface area contributed by atoms with Crippen molar-refractivity contribution in [2.75, 3.05) is 0 Å². The summed E-state index contributed by atoms with van der Waals surface area (Å²) in [7, 11) is 0. The van der Waals surface area contributed by atoms with Gasteiger partial charge in [-0.15, -0.1) is 0 Å². The summed E-state index contributed by atoms with van der Waals surface area (Å²) >= 11 is 0. The molecule has 2 N–H and O–H groups in total. The molecule has 0 unspecified atom stereocenters. The van der Waals surface area contributed by atoms with Crippen molar-refractivity contribution < 1.29 is 8.91 Å². The Labute approximate surface area is 105 Å². The molecule has 0 aliphatic rings. The van der Waals surface area contributed by atoms with Crippen molar-refractivity contribution in [3.05, 3.63) is 36.0 Å². The summed E-state index contributed by atoms with van der Waals surface area (Å²) in [5.41, 5.74) is 6.57. The highest BCUT2D eigenvalue weighted by molar-refractivity contribution is 5.53. The van der Waals surface area contributed by atoms with Gasteiger partial charge in [0, 0.05) is 5.56 Å². The Hall–Kier alpha value is -1.75. The van der Waals surface area contributed by atoms with E-state index in [0.29, 0.717) is 17.3 Å². The maximum Gasteiger partial charge on any atom is 0.244 e. The molecule has 96 valence electrons. The first kappa shape index (κ1) is 12.7. The van der Waals surface area contributed by atoms with E-state index in [1.807, 2.05) is 20.8 Å². The number of nitrogens with zero attached hydrogens (tertiary/aromatic N) is 2. The van der Waals surface area contributed by atoms with Crippen molar-refractivity contribution >= 4 is 0 Å². The van der Waals surface area contributed by atoms with Crippen molar-refractivity contribution in [3.63, 3.8) is 0 Å². The summed E-state index contributed by atoms with van der Waals surface area (Å²) in [6.07, 6.45) is 0. The van der Waals surface area contributed by atoms with E-state index in [0.717, 1.165) is 0 Å². The van der Waals surface area contributed by atoms with Crippen LogP contribution in [0.15, 0.2) is 28.8 Å². The Balaban J connectivity index is 2.28. The SMILES string of the molecule is CC(C)(C)[C@H](N)c1nc(-c2ccc(F)cc2)no1. The van der Waals surface area contributed by atoms with Crippen LogP contribution >= 0.6 is 0 Å². The summed E-state index contributed by atoms with van der Waals surface area (Å²) < 4.78 is 18.0. The number of benzene rings is 1. The standard InChI is InChI=1S/C13H16FN3O/c1-13(2,3)10(15)12-16-11(17-18-12)8-4-6-9(14)7-5-8/h4-7,10H,15H2,1-3H3/t10-/m1/s1. The molecule has 0 radical (unpaired) electrons. The van der Waals surface area contributed by atoms with Gasteiger partial charge in [-0.2, -0.15) is 4.98 Å². The van der Waals surface area contributed by atoms with Crippen LogP contribution in [-0.2, 0) is 0 Å². The van der Waals surface area contributed by atoms with Crippen LogP contribution in [0.5, 0.6) is 0 Å². The maximum atomic E-state index is 12.8. The molecular weight excluding hydrogens is 233 g/mol. The van der Waals surface area contributed by atoms with Crippen molar-refractivity contribution in [2.45, 2.75) is 26.8 Å². The molecule has 0 aliphatic carbocycles. The van der Waals surface area contributed by atoms with Crippen LogP contribution in [0.1, 0.15) is 32.7 Å². The number of rotatable bonds is 2. The normalized spacial score (nSPS) is 13.6. The maximum absolute atomic E-state index is 12.8. The van der Waals surface area contributed by atoms with E-state index in [-0.39, 0.29) is 17.3 Å². The summed E-state index contributed by atoms with van der Waals surface area (Å²) in [5.74, 6) is 0.514. The molecule has 1 aromatic carbocycles. The lowest BCUT2D eigenvalue weighted by Crippen LogP contribution is -2.26. The van der Waals surface area contributed by atoms with E-state index < -0.39 is 0 Å². The third kappa shape index (κ3) is 2.56. The molecule has 0 bridgehead atoms. The lowest BCUT2D eigenvalue weighted by atomic mass is 9.87. The van der Waals surface area contributed by atoms with Gasteiger partial charge in [0.2, 0.25) is 11.7 Å². The predicted molar refractivity (Wildman–Crippen MR) is 66.1 cm³/mol. The van der Waals surface area contributed by atoms with Gasteiger partial charge in [0.25, 0.3) is 0 Å². The van der Waals surface area contributed by atoms with E-state index in [1.54, 1.807) is 12.1 Å². The average Bonchev–Trinajstić information content (AvgIpc) is 2.77. The molecule has 0 amide bonds. The lowest BCUT2D eigenvalue weighted by Gasteiger charge is -2.23. The second kappa shape index (κ2) is 4.49. The molecule has 2 aromatic rings. The van der Waals surface area contributed by atoms with Gasteiger partial charge >= 0.3 is 0 Å². The monoisotopic (exact) mass is 249 g/mol. The largest absolute Gasteiger partial charge is 0.337 e. The van der Waals surface area contributed by atoms with Crippen LogP contribution in [0.4, 0.5) is 4.39 Å². The van der Waals surface area contributed by atoms with Gasteiger partial charge in [0.15, 0.2) is 0 Å². The zero-order valence-corrected chi connectivity index (χ0v) is 10.6. The van der Waals surface area contributed by atoms with Crippen LogP contribution < -0.4 is 5.73 Å². The molecule has 0 fully saturated rings. The smallest absolute Gasteiger partial charge is 0.244 e. The number of aromatic nitrogens is 2. The molecule has 0 aliphatic heterocycles. The highest BCUT2D eigenvalue weighted by atomic mass is 19.1. The number of hydrogen-bond donors (Lipinski definition) is 1. The van der Waals surface area contributed by atoms with Crippen molar-refractivity contribution in [2.24, 2.45) is 11.1 Å². The van der Waals surface area contributed by atoms with Crippen molar-refractivity contribution in [3.8, 4) is 11.4 Å². The zero-order valence-electron chi connectivity index (χ0n) is 10.6. The Morgan fingerprint density at radius 3 is 2.39 bits per heavy atom. The molecule has 5 heteroatoms. The summed E-state index contributed by atoms with van der Waals surface area (Å²) in [5, 5.41) is 3.86. The molecule has 0 saturated heterocycles. The molecule has 18 heavy (non-hydrogen) atoms. The van der Waals surface area contributed by atoms with Gasteiger partial charge < -0.3 is 10.3 Å². The second-order valence-corrected chi connectivity index (χ2v) is 5.31. The third-order valence-electron chi connectivity index (χ3n) is 2.74. The van der Waals surface area contributed by atoms with Gasteiger partial charge in [0.05, 0.1) is 6.04 Å². The average molecular weight is 249 g/mol. The zero-order chi connectivity index (χ0) is 13.3. The van der Waals surface area contributed by atoms with Crippen molar-refractivity contribution in [1.29, 1.82) is 0 Å². The summed E-state index contributed by atoms with van der Waals surface area (Å²) in [6.45, 7) is 6.00. The Morgan fingerprint density at radius 2 is 1.83 bits per heavy atom. The first-order valence-corrected chi connectivity index (χ1v) is 5.73. The van der Waals surface area contributed by atoms with Gasteiger partial charge in [-0.3, -0.25) is 0 Å². The highest BCUT2D eigenvalue weighted by Crippen LogP contribution is 2.30. The van der Waals surface area contributed by atoms with E-state index in [9.17, 15) is 4.39 Å². The Bertz CT molecular complexity index is 528. The first-order valence-electron chi connectivity index (χ1n) is 5.73. The quantitative estimate of drug-likeness (QED) is 0.888. The molecule has 1 aromatic heterocycles. The first-order chi connectivity index (χ1) is 8.38. The highest BCUT2D eigenvalue weighted by Gasteiger charge is 2.27. The van der Waals surface area contributed by atoms with Gasteiger partial charge in [-0.1, -0.05) is 25.9 Å². The van der Waals surface area contributed by atoms with E-state index in [4.69, 9.17) is 10.3 Å². The molecule has 0 saturated carbocycles. The fourth-order valence-corrected chi connectivity index (χ4v) is 1.45. The fourth-order valence-electron chi connectivity index (χ4n) is 1.45. The van der Waals surface area contributed by atoms with Crippen LogP contribution in [0.2, 0.25) is 0 Å². The van der Waals surface area contributed by atoms with Crippen LogP contribution in [-0.4, -0.2) is 10.1 Å². The fraction of sp³-hybridized carbons (Fsp3) is 0.385. The number of nitrogens with two attached hydrogens (primary N) is 1. The Kier molecular flexibility index (Phi) is 3.17. The van der Waals surface area contributed by atoms with Crippen LogP contribution in [0, 0.1) is 11.2 Å².